The number of fused-ring (bicyclic) bond motifs is 2. The fraction of sp³-hybridized carbons (Fsp3) is 0.524. The van der Waals surface area contributed by atoms with Crippen molar-refractivity contribution in [2.75, 3.05) is 18.8 Å². The van der Waals surface area contributed by atoms with E-state index in [0.29, 0.717) is 31.2 Å². The molecule has 1 aliphatic carbocycles. The summed E-state index contributed by atoms with van der Waals surface area (Å²) in [6.45, 7) is 1.73. The monoisotopic (exact) mass is 480 g/mol. The molecule has 0 aromatic carbocycles. The van der Waals surface area contributed by atoms with Gasteiger partial charge >= 0.3 is 6.18 Å². The van der Waals surface area contributed by atoms with Gasteiger partial charge in [0.25, 0.3) is 5.92 Å². The van der Waals surface area contributed by atoms with Gasteiger partial charge in [-0.2, -0.15) is 23.4 Å². The van der Waals surface area contributed by atoms with Crippen LogP contribution in [-0.2, 0) is 18.1 Å². The van der Waals surface area contributed by atoms with Crippen LogP contribution < -0.4 is 5.73 Å². The van der Waals surface area contributed by atoms with Gasteiger partial charge in [0.15, 0.2) is 0 Å². The Bertz CT molecular complexity index is 1240. The molecule has 1 spiro atoms. The van der Waals surface area contributed by atoms with Crippen LogP contribution in [0.25, 0.3) is 11.3 Å². The van der Waals surface area contributed by atoms with Crippen molar-refractivity contribution in [1.82, 2.24) is 34.8 Å². The number of H-pyrrole nitrogens is 1. The van der Waals surface area contributed by atoms with Gasteiger partial charge in [0, 0.05) is 42.4 Å². The number of aryl methyl sites for hydroxylation is 1. The summed E-state index contributed by atoms with van der Waals surface area (Å²) in [6.07, 6.45) is -0.690. The van der Waals surface area contributed by atoms with E-state index in [9.17, 15) is 22.0 Å². The van der Waals surface area contributed by atoms with Crippen LogP contribution in [0.1, 0.15) is 42.4 Å². The van der Waals surface area contributed by atoms with Crippen LogP contribution in [0, 0.1) is 5.92 Å². The number of nitrogens with two attached hydrogens (primary N) is 1. The summed E-state index contributed by atoms with van der Waals surface area (Å²) in [5.74, 6) is -3.70. The Morgan fingerprint density at radius 3 is 2.59 bits per heavy atom. The standard InChI is InChI=1S/C21H21F5N8/c22-20(23)7-13(20)16(18-29-10-30-31-18)33-3-1-19(9-33)2-4-34-15(19)6-14(32-34)11-5-12(21(24,25)26)17(27)28-8-11/h5-6,8,10,13,16H,1-4,7,9H2,(H2,27,28)(H,29,30,31)/t13?,16-,19+/m0/s1. The molecular formula is C21H21F5N8. The van der Waals surface area contributed by atoms with E-state index in [-0.39, 0.29) is 17.4 Å². The molecule has 1 saturated heterocycles. The third-order valence-corrected chi connectivity index (χ3v) is 7.39. The number of hydrogen-bond donors (Lipinski definition) is 2. The van der Waals surface area contributed by atoms with Crippen LogP contribution in [0.4, 0.5) is 27.8 Å². The van der Waals surface area contributed by atoms with Crippen LogP contribution in [0.3, 0.4) is 0 Å². The molecule has 0 amide bonds. The van der Waals surface area contributed by atoms with Crippen LogP contribution in [0.5, 0.6) is 0 Å². The lowest BCUT2D eigenvalue weighted by atomic mass is 9.82. The van der Waals surface area contributed by atoms with E-state index < -0.39 is 35.4 Å². The molecule has 3 aromatic heterocycles. The molecule has 1 saturated carbocycles. The fourth-order valence-electron chi connectivity index (χ4n) is 5.55. The van der Waals surface area contributed by atoms with Crippen molar-refractivity contribution >= 4 is 5.82 Å². The fourth-order valence-corrected chi connectivity index (χ4v) is 5.55. The average molecular weight is 480 g/mol. The molecule has 13 heteroatoms. The Labute approximate surface area is 190 Å². The predicted molar refractivity (Wildman–Crippen MR) is 110 cm³/mol. The number of anilines is 1. The number of alkyl halides is 5. The number of nitrogens with one attached hydrogen (secondary N) is 1. The quantitative estimate of drug-likeness (QED) is 0.555. The van der Waals surface area contributed by atoms with Gasteiger partial charge in [0.1, 0.15) is 18.0 Å². The number of likely N-dealkylation sites (tertiary alicyclic amines) is 1. The average Bonchev–Trinajstić information content (AvgIpc) is 3.35. The number of nitrogens with zero attached hydrogens (tertiary/aromatic N) is 6. The minimum atomic E-state index is -4.62. The van der Waals surface area contributed by atoms with Crippen molar-refractivity contribution < 1.29 is 22.0 Å². The minimum absolute atomic E-state index is 0.185. The molecule has 3 aliphatic rings. The zero-order chi connectivity index (χ0) is 23.9. The molecule has 1 unspecified atom stereocenters. The van der Waals surface area contributed by atoms with Gasteiger partial charge in [0.2, 0.25) is 0 Å². The summed E-state index contributed by atoms with van der Waals surface area (Å²) in [6, 6.07) is 2.19. The molecule has 3 N–H and O–H groups in total. The molecule has 3 atom stereocenters. The van der Waals surface area contributed by atoms with Crippen molar-refractivity contribution in [3.8, 4) is 11.3 Å². The second-order valence-corrected chi connectivity index (χ2v) is 9.43. The lowest BCUT2D eigenvalue weighted by Gasteiger charge is -2.28. The Morgan fingerprint density at radius 1 is 1.15 bits per heavy atom. The first kappa shape index (κ1) is 21.4. The molecule has 0 bridgehead atoms. The molecule has 180 valence electrons. The predicted octanol–water partition coefficient (Wildman–Crippen LogP) is 3.41. The van der Waals surface area contributed by atoms with E-state index in [4.69, 9.17) is 5.73 Å². The van der Waals surface area contributed by atoms with Crippen molar-refractivity contribution in [2.24, 2.45) is 5.92 Å². The van der Waals surface area contributed by atoms with E-state index in [1.165, 1.54) is 12.5 Å². The first-order chi connectivity index (χ1) is 16.1. The molecule has 3 aromatic rings. The van der Waals surface area contributed by atoms with E-state index >= 15 is 0 Å². The van der Waals surface area contributed by atoms with E-state index in [1.54, 1.807) is 10.7 Å². The number of rotatable bonds is 4. The number of aromatic nitrogens is 6. The summed E-state index contributed by atoms with van der Waals surface area (Å²) in [4.78, 5) is 9.90. The van der Waals surface area contributed by atoms with E-state index in [0.717, 1.165) is 24.6 Å². The molecule has 2 fully saturated rings. The van der Waals surface area contributed by atoms with Gasteiger partial charge in [0.05, 0.1) is 23.2 Å². The first-order valence-corrected chi connectivity index (χ1v) is 11.0. The lowest BCUT2D eigenvalue weighted by molar-refractivity contribution is -0.137. The second kappa shape index (κ2) is 6.96. The van der Waals surface area contributed by atoms with Gasteiger partial charge < -0.3 is 5.73 Å². The smallest absolute Gasteiger partial charge is 0.383 e. The molecule has 2 aliphatic heterocycles. The molecular weight excluding hydrogens is 459 g/mol. The van der Waals surface area contributed by atoms with Crippen molar-refractivity contribution in [3.63, 3.8) is 0 Å². The SMILES string of the molecule is Nc1ncc(-c2cc3n(n2)CC[C@@]32CCN([C@H](c3ncn[nH]3)C3CC3(F)F)C2)cc1C(F)(F)F. The van der Waals surface area contributed by atoms with Crippen molar-refractivity contribution in [2.45, 2.75) is 49.4 Å². The number of aromatic amines is 1. The summed E-state index contributed by atoms with van der Waals surface area (Å²) < 4.78 is 69.7. The number of nitrogen functional groups attached to an aromatic ring is 1. The second-order valence-electron chi connectivity index (χ2n) is 9.43. The van der Waals surface area contributed by atoms with Crippen molar-refractivity contribution in [1.29, 1.82) is 0 Å². The number of halogens is 5. The highest BCUT2D eigenvalue weighted by molar-refractivity contribution is 5.63. The zero-order valence-corrected chi connectivity index (χ0v) is 17.9. The Hall–Kier alpha value is -3.09. The first-order valence-electron chi connectivity index (χ1n) is 11.0. The van der Waals surface area contributed by atoms with E-state index in [2.05, 4.69) is 25.3 Å². The summed E-state index contributed by atoms with van der Waals surface area (Å²) in [5, 5.41) is 11.1. The van der Waals surface area contributed by atoms with Gasteiger partial charge in [-0.05, 0) is 31.5 Å². The summed E-state index contributed by atoms with van der Waals surface area (Å²) >= 11 is 0. The van der Waals surface area contributed by atoms with Crippen LogP contribution in [-0.4, -0.2) is 53.9 Å². The Balaban J connectivity index is 1.30. The highest BCUT2D eigenvalue weighted by Gasteiger charge is 2.63. The summed E-state index contributed by atoms with van der Waals surface area (Å²) in [5.41, 5.74) is 5.61. The maximum Gasteiger partial charge on any atom is 0.419 e. The Morgan fingerprint density at radius 2 is 1.91 bits per heavy atom. The number of hydrogen-bond acceptors (Lipinski definition) is 6. The zero-order valence-electron chi connectivity index (χ0n) is 17.9. The van der Waals surface area contributed by atoms with Crippen LogP contribution in [0.2, 0.25) is 0 Å². The maximum atomic E-state index is 14.0. The number of pyridine rings is 1. The minimum Gasteiger partial charge on any atom is -0.383 e. The molecule has 5 heterocycles. The molecule has 8 nitrogen and oxygen atoms in total. The highest BCUT2D eigenvalue weighted by atomic mass is 19.4. The third-order valence-electron chi connectivity index (χ3n) is 7.39. The summed E-state index contributed by atoms with van der Waals surface area (Å²) in [7, 11) is 0. The third kappa shape index (κ3) is 3.28. The Kier molecular flexibility index (Phi) is 4.39. The topological polar surface area (TPSA) is 102 Å². The normalized spacial score (nSPS) is 26.8. The molecule has 0 radical (unpaired) electrons. The van der Waals surface area contributed by atoms with Crippen molar-refractivity contribution in [3.05, 3.63) is 41.7 Å². The highest BCUT2D eigenvalue weighted by Crippen LogP contribution is 2.58. The van der Waals surface area contributed by atoms with Crippen LogP contribution >= 0.6 is 0 Å². The van der Waals surface area contributed by atoms with Crippen LogP contribution in [0.15, 0.2) is 24.7 Å². The van der Waals surface area contributed by atoms with Gasteiger partial charge in [-0.25, -0.2) is 18.7 Å². The molecule has 34 heavy (non-hydrogen) atoms. The van der Waals surface area contributed by atoms with Gasteiger partial charge in [-0.15, -0.1) is 0 Å². The maximum absolute atomic E-state index is 14.0. The van der Waals surface area contributed by atoms with Gasteiger partial charge in [-0.1, -0.05) is 0 Å². The largest absolute Gasteiger partial charge is 0.419 e. The van der Waals surface area contributed by atoms with Gasteiger partial charge in [-0.3, -0.25) is 14.7 Å². The van der Waals surface area contributed by atoms with E-state index in [1.807, 2.05) is 4.90 Å². The lowest BCUT2D eigenvalue weighted by Crippen LogP contribution is -2.34. The molecule has 6 rings (SSSR count).